The first-order chi connectivity index (χ1) is 15.9. The summed E-state index contributed by atoms with van der Waals surface area (Å²) in [7, 11) is 0. The highest BCUT2D eigenvalue weighted by Crippen LogP contribution is 2.42. The standard InChI is InChI=1S/C27H25NO5/c1-17(2)16-33-22-13-11-18(12-14-22)25(30)23-24(19-7-6-10-21(29)15-19)28(27(32)26(23)31)20-8-4-3-5-9-20/h3-15,17,24,29-30H,16H2,1-2H3/b25-23-. The fourth-order valence-corrected chi connectivity index (χ4v) is 3.83. The van der Waals surface area contributed by atoms with Crippen molar-refractivity contribution in [2.45, 2.75) is 19.9 Å². The molecule has 1 amide bonds. The largest absolute Gasteiger partial charge is 0.508 e. The maximum atomic E-state index is 13.1. The predicted octanol–water partition coefficient (Wildman–Crippen LogP) is 5.05. The van der Waals surface area contributed by atoms with Crippen LogP contribution in [0.3, 0.4) is 0 Å². The molecule has 1 unspecified atom stereocenters. The molecule has 4 rings (SSSR count). The van der Waals surface area contributed by atoms with E-state index in [1.165, 1.54) is 17.0 Å². The lowest BCUT2D eigenvalue weighted by atomic mass is 9.95. The Morgan fingerprint density at radius 3 is 2.30 bits per heavy atom. The van der Waals surface area contributed by atoms with E-state index in [9.17, 15) is 19.8 Å². The Hall–Kier alpha value is -4.06. The van der Waals surface area contributed by atoms with Crippen LogP contribution in [0.2, 0.25) is 0 Å². The summed E-state index contributed by atoms with van der Waals surface area (Å²) < 4.78 is 5.69. The number of phenols is 1. The molecular weight excluding hydrogens is 418 g/mol. The van der Waals surface area contributed by atoms with Gasteiger partial charge in [0.05, 0.1) is 18.2 Å². The fourth-order valence-electron chi connectivity index (χ4n) is 3.83. The molecule has 3 aromatic rings. The molecule has 0 bridgehead atoms. The Labute approximate surface area is 192 Å². The number of amides is 1. The first kappa shape index (κ1) is 22.1. The van der Waals surface area contributed by atoms with E-state index >= 15 is 0 Å². The Balaban J connectivity index is 1.81. The molecule has 0 saturated carbocycles. The topological polar surface area (TPSA) is 87.1 Å². The van der Waals surface area contributed by atoms with Crippen molar-refractivity contribution >= 4 is 23.1 Å². The number of benzene rings is 3. The van der Waals surface area contributed by atoms with Gasteiger partial charge in [-0.2, -0.15) is 0 Å². The van der Waals surface area contributed by atoms with Gasteiger partial charge in [0.1, 0.15) is 17.3 Å². The van der Waals surface area contributed by atoms with Gasteiger partial charge < -0.3 is 14.9 Å². The molecular formula is C27H25NO5. The van der Waals surface area contributed by atoms with Gasteiger partial charge in [-0.1, -0.05) is 44.2 Å². The minimum Gasteiger partial charge on any atom is -0.508 e. The minimum absolute atomic E-state index is 0.00203. The molecule has 1 fully saturated rings. The summed E-state index contributed by atoms with van der Waals surface area (Å²) in [5, 5.41) is 21.2. The van der Waals surface area contributed by atoms with Crippen molar-refractivity contribution in [2.24, 2.45) is 5.92 Å². The molecule has 2 N–H and O–H groups in total. The van der Waals surface area contributed by atoms with E-state index in [2.05, 4.69) is 0 Å². The van der Waals surface area contributed by atoms with Gasteiger partial charge in [-0.05, 0) is 60.0 Å². The van der Waals surface area contributed by atoms with Gasteiger partial charge in [0.2, 0.25) is 0 Å². The molecule has 1 atom stereocenters. The van der Waals surface area contributed by atoms with Gasteiger partial charge in [0, 0.05) is 11.3 Å². The van der Waals surface area contributed by atoms with Gasteiger partial charge in [0.15, 0.2) is 0 Å². The highest BCUT2D eigenvalue weighted by atomic mass is 16.5. The zero-order valence-electron chi connectivity index (χ0n) is 18.4. The van der Waals surface area contributed by atoms with E-state index in [4.69, 9.17) is 4.74 Å². The van der Waals surface area contributed by atoms with Crippen LogP contribution in [-0.2, 0) is 9.59 Å². The van der Waals surface area contributed by atoms with Crippen LogP contribution < -0.4 is 9.64 Å². The van der Waals surface area contributed by atoms with Crippen LogP contribution in [0.15, 0.2) is 84.4 Å². The number of hydrogen-bond acceptors (Lipinski definition) is 5. The van der Waals surface area contributed by atoms with E-state index in [1.54, 1.807) is 60.7 Å². The number of hydrogen-bond donors (Lipinski definition) is 2. The molecule has 3 aromatic carbocycles. The summed E-state index contributed by atoms with van der Waals surface area (Å²) in [6.45, 7) is 4.66. The van der Waals surface area contributed by atoms with Crippen molar-refractivity contribution in [1.82, 2.24) is 0 Å². The lowest BCUT2D eigenvalue weighted by Gasteiger charge is -2.25. The number of ether oxygens (including phenoxy) is 1. The lowest BCUT2D eigenvalue weighted by Crippen LogP contribution is -2.29. The number of aliphatic hydroxyl groups is 1. The third-order valence-corrected chi connectivity index (χ3v) is 5.38. The highest BCUT2D eigenvalue weighted by molar-refractivity contribution is 6.51. The van der Waals surface area contributed by atoms with Crippen LogP contribution in [0.4, 0.5) is 5.69 Å². The van der Waals surface area contributed by atoms with Crippen LogP contribution in [0.5, 0.6) is 11.5 Å². The number of rotatable bonds is 6. The summed E-state index contributed by atoms with van der Waals surface area (Å²) in [4.78, 5) is 27.5. The number of aliphatic hydroxyl groups excluding tert-OH is 1. The van der Waals surface area contributed by atoms with Gasteiger partial charge in [-0.25, -0.2) is 0 Å². The smallest absolute Gasteiger partial charge is 0.300 e. The van der Waals surface area contributed by atoms with Gasteiger partial charge in [-0.3, -0.25) is 14.5 Å². The van der Waals surface area contributed by atoms with Gasteiger partial charge in [0.25, 0.3) is 11.7 Å². The van der Waals surface area contributed by atoms with Crippen molar-refractivity contribution in [2.75, 3.05) is 11.5 Å². The summed E-state index contributed by atoms with van der Waals surface area (Å²) in [6.07, 6.45) is 0. The van der Waals surface area contributed by atoms with Crippen LogP contribution in [0.25, 0.3) is 5.76 Å². The average Bonchev–Trinajstić information content (AvgIpc) is 3.08. The molecule has 1 aliphatic rings. The molecule has 6 heteroatoms. The van der Waals surface area contributed by atoms with E-state index in [0.29, 0.717) is 35.1 Å². The third-order valence-electron chi connectivity index (χ3n) is 5.38. The van der Waals surface area contributed by atoms with Crippen molar-refractivity contribution in [3.63, 3.8) is 0 Å². The second-order valence-electron chi connectivity index (χ2n) is 8.33. The van der Waals surface area contributed by atoms with Gasteiger partial charge >= 0.3 is 0 Å². The molecule has 0 aliphatic carbocycles. The first-order valence-corrected chi connectivity index (χ1v) is 10.7. The molecule has 0 spiro atoms. The summed E-state index contributed by atoms with van der Waals surface area (Å²) in [5.74, 6) is -0.796. The van der Waals surface area contributed by atoms with Crippen molar-refractivity contribution in [1.29, 1.82) is 0 Å². The normalized spacial score (nSPS) is 17.5. The Morgan fingerprint density at radius 2 is 1.67 bits per heavy atom. The molecule has 0 aromatic heterocycles. The number of anilines is 1. The Morgan fingerprint density at radius 1 is 0.970 bits per heavy atom. The van der Waals surface area contributed by atoms with E-state index in [1.807, 2.05) is 19.9 Å². The molecule has 1 aliphatic heterocycles. The molecule has 6 nitrogen and oxygen atoms in total. The summed E-state index contributed by atoms with van der Waals surface area (Å²) >= 11 is 0. The molecule has 168 valence electrons. The number of nitrogens with zero attached hydrogens (tertiary/aromatic N) is 1. The van der Waals surface area contributed by atoms with Crippen molar-refractivity contribution < 1.29 is 24.5 Å². The fraction of sp³-hybridized carbons (Fsp3) is 0.185. The predicted molar refractivity (Wildman–Crippen MR) is 126 cm³/mol. The zero-order chi connectivity index (χ0) is 23.5. The number of para-hydroxylation sites is 1. The molecule has 33 heavy (non-hydrogen) atoms. The SMILES string of the molecule is CC(C)COc1ccc(/C(O)=C2/C(=O)C(=O)N(c3ccccc3)C2c2cccc(O)c2)cc1. The first-order valence-electron chi connectivity index (χ1n) is 10.7. The van der Waals surface area contributed by atoms with Crippen LogP contribution in [0, 0.1) is 5.92 Å². The van der Waals surface area contributed by atoms with Crippen LogP contribution in [-0.4, -0.2) is 28.5 Å². The quantitative estimate of drug-likeness (QED) is 0.316. The maximum Gasteiger partial charge on any atom is 0.300 e. The van der Waals surface area contributed by atoms with Crippen molar-refractivity contribution in [3.8, 4) is 11.5 Å². The Bertz CT molecular complexity index is 1200. The molecule has 1 saturated heterocycles. The molecule has 0 radical (unpaired) electrons. The second-order valence-corrected chi connectivity index (χ2v) is 8.33. The van der Waals surface area contributed by atoms with E-state index in [-0.39, 0.29) is 17.1 Å². The average molecular weight is 443 g/mol. The number of ketones is 1. The third kappa shape index (κ3) is 4.46. The zero-order valence-corrected chi connectivity index (χ0v) is 18.4. The van der Waals surface area contributed by atoms with Gasteiger partial charge in [-0.15, -0.1) is 0 Å². The molecule has 1 heterocycles. The maximum absolute atomic E-state index is 13.1. The summed E-state index contributed by atoms with van der Waals surface area (Å²) in [5.41, 5.74) is 1.38. The number of Topliss-reactive ketones (excluding diaryl/α,β-unsaturated/α-hetero) is 1. The van der Waals surface area contributed by atoms with E-state index in [0.717, 1.165) is 0 Å². The number of carbonyl (C=O) groups excluding carboxylic acids is 2. The lowest BCUT2D eigenvalue weighted by molar-refractivity contribution is -0.132. The second kappa shape index (κ2) is 9.20. The van der Waals surface area contributed by atoms with E-state index < -0.39 is 17.7 Å². The van der Waals surface area contributed by atoms with Crippen LogP contribution >= 0.6 is 0 Å². The van der Waals surface area contributed by atoms with Crippen molar-refractivity contribution in [3.05, 3.63) is 95.6 Å². The Kier molecular flexibility index (Phi) is 6.18. The number of aromatic hydroxyl groups is 1. The van der Waals surface area contributed by atoms with Crippen LogP contribution in [0.1, 0.15) is 31.0 Å². The summed E-state index contributed by atoms with van der Waals surface area (Å²) in [6, 6.07) is 21.0. The number of carbonyl (C=O) groups is 2. The highest BCUT2D eigenvalue weighted by Gasteiger charge is 2.47. The monoisotopic (exact) mass is 443 g/mol. The number of phenolic OH excluding ortho intramolecular Hbond substituents is 1. The minimum atomic E-state index is -0.892.